The maximum absolute atomic E-state index is 13.1. The van der Waals surface area contributed by atoms with Gasteiger partial charge in [0, 0.05) is 43.0 Å². The van der Waals surface area contributed by atoms with E-state index in [4.69, 9.17) is 28.4 Å². The molecular formula is C42H50N2O15S2. The van der Waals surface area contributed by atoms with Gasteiger partial charge in [-0.25, -0.2) is 9.80 Å². The number of ketones is 1. The fourth-order valence-electron chi connectivity index (χ4n) is 8.86. The Bertz CT molecular complexity index is 1970. The molecule has 0 spiro atoms. The van der Waals surface area contributed by atoms with Crippen molar-refractivity contribution in [3.05, 3.63) is 60.7 Å². The predicted octanol–water partition coefficient (Wildman–Crippen LogP) is 2.59. The number of esters is 3. The number of ether oxygens (including phenoxy) is 7. The summed E-state index contributed by atoms with van der Waals surface area (Å²) in [7, 11) is 4.13. The molecule has 4 amide bonds. The fourth-order valence-corrected chi connectivity index (χ4v) is 8.86. The second-order valence-corrected chi connectivity index (χ2v) is 14.5. The van der Waals surface area contributed by atoms with Gasteiger partial charge in [-0.2, -0.15) is 0 Å². The Morgan fingerprint density at radius 1 is 0.525 bits per heavy atom. The number of imide groups is 2. The summed E-state index contributed by atoms with van der Waals surface area (Å²) >= 11 is 7.33. The van der Waals surface area contributed by atoms with Crippen molar-refractivity contribution in [2.75, 3.05) is 31.1 Å². The lowest BCUT2D eigenvalue weighted by atomic mass is 9.78. The Hall–Kier alpha value is -4.92. The van der Waals surface area contributed by atoms with E-state index in [1.54, 1.807) is 60.7 Å². The van der Waals surface area contributed by atoms with Crippen LogP contribution in [-0.4, -0.2) is 117 Å². The lowest BCUT2D eigenvalue weighted by Gasteiger charge is -2.31. The van der Waals surface area contributed by atoms with E-state index in [0.717, 1.165) is 0 Å². The maximum Gasteiger partial charge on any atom is 0.306 e. The van der Waals surface area contributed by atoms with Gasteiger partial charge in [0.05, 0.1) is 61.4 Å². The van der Waals surface area contributed by atoms with E-state index in [1.165, 1.54) is 38.1 Å². The Morgan fingerprint density at radius 2 is 0.836 bits per heavy atom. The van der Waals surface area contributed by atoms with E-state index in [1.807, 2.05) is 0 Å². The molecule has 0 radical (unpaired) electrons. The third-order valence-corrected chi connectivity index (χ3v) is 11.3. The third kappa shape index (κ3) is 9.03. The van der Waals surface area contributed by atoms with Crippen molar-refractivity contribution in [1.29, 1.82) is 0 Å². The van der Waals surface area contributed by atoms with Gasteiger partial charge in [0.25, 0.3) is 0 Å². The number of amides is 4. The first-order chi connectivity index (χ1) is 28.4. The van der Waals surface area contributed by atoms with Crippen molar-refractivity contribution in [1.82, 2.24) is 0 Å². The highest BCUT2D eigenvalue weighted by atomic mass is 32.8. The molecule has 0 saturated carbocycles. The van der Waals surface area contributed by atoms with E-state index >= 15 is 0 Å². The van der Waals surface area contributed by atoms with E-state index in [-0.39, 0.29) is 69.9 Å². The molecule has 12 atom stereocenters. The molecule has 17 nitrogen and oxygen atoms in total. The van der Waals surface area contributed by atoms with Crippen LogP contribution in [0.4, 0.5) is 11.4 Å². The summed E-state index contributed by atoms with van der Waals surface area (Å²) in [6.07, 6.45) is -6.01. The lowest BCUT2D eigenvalue weighted by Crippen LogP contribution is -2.50. The number of rotatable bonds is 12. The maximum atomic E-state index is 13.1. The van der Waals surface area contributed by atoms with Gasteiger partial charge in [-0.15, -0.1) is 0 Å². The van der Waals surface area contributed by atoms with E-state index in [9.17, 15) is 38.4 Å². The highest BCUT2D eigenvalue weighted by Crippen LogP contribution is 2.52. The minimum atomic E-state index is -0.830. The minimum Gasteiger partial charge on any atom is -0.469 e. The van der Waals surface area contributed by atoms with Crippen LogP contribution >= 0.6 is 0 Å². The summed E-state index contributed by atoms with van der Waals surface area (Å²) in [6.45, 7) is 1.40. The van der Waals surface area contributed by atoms with Crippen LogP contribution in [0.15, 0.2) is 60.7 Å². The number of anilines is 2. The number of carbonyl (C=O) groups excluding carboxylic acids is 8. The van der Waals surface area contributed by atoms with E-state index in [2.05, 4.69) is 27.1 Å². The number of benzene rings is 2. The topological polar surface area (TPSA) is 208 Å². The van der Waals surface area contributed by atoms with Crippen molar-refractivity contribution in [2.45, 2.75) is 96.3 Å². The number of Topliss-reactive ketones (excluding diaryl/α,β-unsaturated/α-hetero) is 1. The average Bonchev–Trinajstić information content (AvgIpc) is 4.08. The average molecular weight is 887 g/mol. The highest BCUT2D eigenvalue weighted by Gasteiger charge is 2.72. The summed E-state index contributed by atoms with van der Waals surface area (Å²) in [5, 5.41) is 0. The SMILES string of the molecule is C.C.COC(=O)CCC(=O)OC1C(OC)C2OC1C1C(=O)N(c3ccccc3)C(=O)C21.COC1C(OC(=O)CCC(C)=O)C2OC1C1C(=O)N(c3ccccc3)C(=O)C21.S=S. The van der Waals surface area contributed by atoms with Gasteiger partial charge < -0.3 is 38.0 Å². The minimum absolute atomic E-state index is 0. The Balaban J connectivity index is 0.000000250. The molecule has 6 aliphatic rings. The Morgan fingerprint density at radius 3 is 1.15 bits per heavy atom. The van der Waals surface area contributed by atoms with Crippen molar-refractivity contribution in [2.24, 2.45) is 23.7 Å². The molecule has 6 fully saturated rings. The molecule has 0 aliphatic carbocycles. The smallest absolute Gasteiger partial charge is 0.306 e. The van der Waals surface area contributed by atoms with Gasteiger partial charge in [0.2, 0.25) is 23.6 Å². The van der Waals surface area contributed by atoms with E-state index in [0.29, 0.717) is 11.4 Å². The van der Waals surface area contributed by atoms with Gasteiger partial charge >= 0.3 is 17.9 Å². The van der Waals surface area contributed by atoms with Crippen LogP contribution in [-0.2, 0) is 93.9 Å². The highest BCUT2D eigenvalue weighted by molar-refractivity contribution is 8.07. The molecule has 2 aromatic carbocycles. The van der Waals surface area contributed by atoms with Crippen LogP contribution in [0.5, 0.6) is 0 Å². The van der Waals surface area contributed by atoms with Crippen molar-refractivity contribution in [3.63, 3.8) is 0 Å². The van der Waals surface area contributed by atoms with Gasteiger partial charge in [0.15, 0.2) is 12.2 Å². The molecule has 0 N–H and O–H groups in total. The quantitative estimate of drug-likeness (QED) is 0.171. The summed E-state index contributed by atoms with van der Waals surface area (Å²) in [6, 6.07) is 17.4. The first-order valence-corrected chi connectivity index (χ1v) is 20.1. The molecule has 2 aromatic rings. The number of nitrogens with zero attached hydrogens (tertiary/aromatic N) is 2. The summed E-state index contributed by atoms with van der Waals surface area (Å²) in [5.41, 5.74) is 1.01. The zero-order chi connectivity index (χ0) is 42.7. The zero-order valence-electron chi connectivity index (χ0n) is 32.4. The number of carbonyl (C=O) groups is 8. The normalized spacial score (nSPS) is 30.8. The fraction of sp³-hybridized carbons (Fsp3) is 0.524. The molecule has 61 heavy (non-hydrogen) atoms. The Kier molecular flexibility index (Phi) is 16.6. The molecular weight excluding hydrogens is 837 g/mol. The molecule has 8 rings (SSSR count). The Labute approximate surface area is 363 Å². The van der Waals surface area contributed by atoms with Crippen molar-refractivity contribution >= 4 is 81.1 Å². The summed E-state index contributed by atoms with van der Waals surface area (Å²) in [5.74, 6) is -5.97. The molecule has 19 heteroatoms. The van der Waals surface area contributed by atoms with Crippen LogP contribution in [0.2, 0.25) is 0 Å². The summed E-state index contributed by atoms with van der Waals surface area (Å²) in [4.78, 5) is 101. The van der Waals surface area contributed by atoms with Crippen molar-refractivity contribution in [3.8, 4) is 0 Å². The second-order valence-electron chi connectivity index (χ2n) is 14.5. The van der Waals surface area contributed by atoms with Gasteiger partial charge in [-0.3, -0.25) is 33.6 Å². The molecule has 12 unspecified atom stereocenters. The molecule has 0 aromatic heterocycles. The third-order valence-electron chi connectivity index (χ3n) is 11.3. The largest absolute Gasteiger partial charge is 0.469 e. The molecule has 6 heterocycles. The monoisotopic (exact) mass is 886 g/mol. The van der Waals surface area contributed by atoms with Crippen LogP contribution < -0.4 is 9.80 Å². The van der Waals surface area contributed by atoms with Crippen LogP contribution in [0, 0.1) is 23.7 Å². The van der Waals surface area contributed by atoms with Crippen molar-refractivity contribution < 1.29 is 71.5 Å². The zero-order valence-corrected chi connectivity index (χ0v) is 34.0. The van der Waals surface area contributed by atoms with Crippen LogP contribution in [0.1, 0.15) is 47.5 Å². The van der Waals surface area contributed by atoms with Crippen LogP contribution in [0.3, 0.4) is 0 Å². The van der Waals surface area contributed by atoms with Crippen LogP contribution in [0.25, 0.3) is 0 Å². The standard InChI is InChI=1S/C20H21NO8.C20H21NO7.2CH4.S2/c1-26-11(22)8-9-12(23)28-18-16-14-13(15(29-16)17(18)27-2)19(24)21(20(14)25)10-6-4-3-5-7-10;1-10(22)8-9-12(23)27-18-16-14-13(15(28-16)17(18)26-2)19(24)21(20(14)25)11-6-4-3-5-7-11;;;1-2/h3-7,13-18H,8-9H2,1-2H3;3-7,13-18H,8-9H2,1-2H3;2*1H4;. The van der Waals surface area contributed by atoms with Gasteiger partial charge in [-0.05, 0) is 31.2 Å². The molecule has 6 aliphatic heterocycles. The molecule has 330 valence electrons. The summed E-state index contributed by atoms with van der Waals surface area (Å²) < 4.78 is 38.2. The molecule has 6 saturated heterocycles. The second kappa shape index (κ2) is 20.8. The van der Waals surface area contributed by atoms with Gasteiger partial charge in [0.1, 0.15) is 42.4 Å². The number of fused-ring (bicyclic) bond motifs is 10. The first-order valence-electron chi connectivity index (χ1n) is 18.8. The number of para-hydroxylation sites is 2. The predicted molar refractivity (Wildman–Crippen MR) is 220 cm³/mol. The molecule has 4 bridgehead atoms. The number of methoxy groups -OCH3 is 3. The lowest BCUT2D eigenvalue weighted by molar-refractivity contribution is -0.163. The van der Waals surface area contributed by atoms with E-state index < -0.39 is 90.4 Å². The first kappa shape index (κ1) is 48.7. The number of hydrogen-bond donors (Lipinski definition) is 0. The van der Waals surface area contributed by atoms with Gasteiger partial charge in [-0.1, -0.05) is 51.3 Å². The number of hydrogen-bond acceptors (Lipinski definition) is 17.